The Bertz CT molecular complexity index is 1900. The third-order valence-electron chi connectivity index (χ3n) is 10.3. The van der Waals surface area contributed by atoms with Gasteiger partial charge < -0.3 is 19.4 Å². The number of benzene rings is 2. The zero-order valence-electron chi connectivity index (χ0n) is 25.7. The van der Waals surface area contributed by atoms with Gasteiger partial charge in [-0.3, -0.25) is 4.79 Å². The maximum absolute atomic E-state index is 16.0. The first-order chi connectivity index (χ1) is 22.3. The minimum atomic E-state index is -0.355. The second-order valence-corrected chi connectivity index (χ2v) is 14.1. The normalized spacial score (nSPS) is 22.3. The molecule has 5 heterocycles. The van der Waals surface area contributed by atoms with Gasteiger partial charge in [0.25, 0.3) is 0 Å². The molecule has 0 radical (unpaired) electrons. The average molecular weight is 641 g/mol. The van der Waals surface area contributed by atoms with Crippen molar-refractivity contribution in [3.05, 3.63) is 64.2 Å². The van der Waals surface area contributed by atoms with Crippen molar-refractivity contribution in [1.29, 1.82) is 5.26 Å². The van der Waals surface area contributed by atoms with Crippen LogP contribution in [-0.2, 0) is 22.4 Å². The van der Waals surface area contributed by atoms with Gasteiger partial charge in [0.15, 0.2) is 10.9 Å². The summed E-state index contributed by atoms with van der Waals surface area (Å²) in [5.41, 5.74) is 5.18. The van der Waals surface area contributed by atoms with E-state index in [9.17, 15) is 14.4 Å². The fraction of sp³-hybridized carbons (Fsp3) is 0.429. The quantitative estimate of drug-likeness (QED) is 0.256. The number of halogens is 2. The fourth-order valence-corrected chi connectivity index (χ4v) is 8.73. The topological polar surface area (TPSA) is 85.6 Å². The van der Waals surface area contributed by atoms with E-state index in [1.165, 1.54) is 23.5 Å². The third-order valence-corrected chi connectivity index (χ3v) is 11.4. The molecule has 0 saturated carbocycles. The number of fused-ring (bicyclic) bond motifs is 2. The van der Waals surface area contributed by atoms with Crippen LogP contribution < -0.4 is 9.80 Å². The fourth-order valence-electron chi connectivity index (χ4n) is 7.87. The molecule has 0 bridgehead atoms. The first-order valence-electron chi connectivity index (χ1n) is 16.0. The molecule has 3 aliphatic heterocycles. The summed E-state index contributed by atoms with van der Waals surface area (Å²) in [6.07, 6.45) is 5.25. The van der Waals surface area contributed by atoms with Crippen molar-refractivity contribution in [2.75, 3.05) is 56.2 Å². The highest BCUT2D eigenvalue weighted by Gasteiger charge is 2.46. The van der Waals surface area contributed by atoms with E-state index in [0.29, 0.717) is 40.0 Å². The minimum Gasteiger partial charge on any atom is -0.381 e. The van der Waals surface area contributed by atoms with E-state index < -0.39 is 0 Å². The Morgan fingerprint density at radius 2 is 1.96 bits per heavy atom. The van der Waals surface area contributed by atoms with E-state index in [1.807, 2.05) is 16.8 Å². The van der Waals surface area contributed by atoms with Gasteiger partial charge in [0.05, 0.1) is 18.2 Å². The Balaban J connectivity index is 1.14. The third kappa shape index (κ3) is 4.90. The van der Waals surface area contributed by atoms with Gasteiger partial charge >= 0.3 is 0 Å². The van der Waals surface area contributed by atoms with Gasteiger partial charge in [-0.25, -0.2) is 18.7 Å². The van der Waals surface area contributed by atoms with Gasteiger partial charge in [0.1, 0.15) is 28.0 Å². The van der Waals surface area contributed by atoms with Gasteiger partial charge in [-0.15, -0.1) is 0 Å². The second kappa shape index (κ2) is 11.3. The first-order valence-corrected chi connectivity index (χ1v) is 16.8. The molecule has 1 amide bonds. The molecular formula is C35H34F2N6O2S. The number of ether oxygens (including phenoxy) is 1. The number of aromatic nitrogens is 2. The lowest BCUT2D eigenvalue weighted by molar-refractivity contribution is -0.134. The molecule has 1 unspecified atom stereocenters. The summed E-state index contributed by atoms with van der Waals surface area (Å²) >= 11 is 1.27. The van der Waals surface area contributed by atoms with Crippen LogP contribution in [0, 0.1) is 34.3 Å². The molecule has 46 heavy (non-hydrogen) atoms. The summed E-state index contributed by atoms with van der Waals surface area (Å²) in [4.78, 5) is 29.5. The number of anilines is 3. The van der Waals surface area contributed by atoms with Gasteiger partial charge in [0, 0.05) is 67.6 Å². The number of nitriles is 1. The standard InChI is InChI=1S/C35H34F2N6O2S/c1-41(34-40-30(29(17-38)46-34)21-5-7-23(36)8-6-21)32-25-3-2-4-28(25)39-31-26(32)15-24(16-27(31)37)42-12-10-35(19-42)11-13-43(20-35)33(44)22-9-14-45-18-22/h5-8,15-16,22H,2-4,9-14,18-20H2,1H3/t22-,35?/m1/s1. The number of likely N-dealkylation sites (tertiary alicyclic amines) is 1. The van der Waals surface area contributed by atoms with Crippen LogP contribution in [0.1, 0.15) is 41.8 Å². The maximum atomic E-state index is 16.0. The van der Waals surface area contributed by atoms with Crippen LogP contribution in [0.3, 0.4) is 0 Å². The molecule has 2 aromatic carbocycles. The molecule has 236 valence electrons. The molecule has 4 aromatic rings. The number of hydrogen-bond donors (Lipinski definition) is 0. The largest absolute Gasteiger partial charge is 0.381 e. The molecule has 3 saturated heterocycles. The Hall–Kier alpha value is -4.14. The van der Waals surface area contributed by atoms with Gasteiger partial charge in [-0.2, -0.15) is 5.26 Å². The van der Waals surface area contributed by atoms with E-state index in [1.54, 1.807) is 18.2 Å². The number of amides is 1. The van der Waals surface area contributed by atoms with Crippen molar-refractivity contribution < 1.29 is 18.3 Å². The van der Waals surface area contributed by atoms with Crippen LogP contribution in [0.5, 0.6) is 0 Å². The number of aryl methyl sites for hydroxylation is 1. The van der Waals surface area contributed by atoms with Gasteiger partial charge in [0.2, 0.25) is 5.91 Å². The summed E-state index contributed by atoms with van der Waals surface area (Å²) in [5, 5.41) is 11.3. The van der Waals surface area contributed by atoms with Crippen LogP contribution in [-0.4, -0.2) is 67.2 Å². The number of carbonyl (C=O) groups excluding carboxylic acids is 1. The molecule has 4 aliphatic rings. The van der Waals surface area contributed by atoms with E-state index in [2.05, 4.69) is 17.0 Å². The molecule has 11 heteroatoms. The number of carbonyl (C=O) groups is 1. The predicted octanol–water partition coefficient (Wildman–Crippen LogP) is 6.23. The number of nitrogens with zero attached hydrogens (tertiary/aromatic N) is 6. The molecule has 2 atom stereocenters. The monoisotopic (exact) mass is 640 g/mol. The highest BCUT2D eigenvalue weighted by Crippen LogP contribution is 2.46. The van der Waals surface area contributed by atoms with Crippen LogP contribution >= 0.6 is 11.3 Å². The highest BCUT2D eigenvalue weighted by atomic mass is 32.1. The average Bonchev–Trinajstić information content (AvgIpc) is 3.91. The molecule has 0 N–H and O–H groups in total. The van der Waals surface area contributed by atoms with Crippen LogP contribution in [0.2, 0.25) is 0 Å². The van der Waals surface area contributed by atoms with Crippen molar-refractivity contribution >= 4 is 44.7 Å². The van der Waals surface area contributed by atoms with Crippen molar-refractivity contribution in [3.63, 3.8) is 0 Å². The maximum Gasteiger partial charge on any atom is 0.228 e. The van der Waals surface area contributed by atoms with E-state index in [0.717, 1.165) is 92.7 Å². The lowest BCUT2D eigenvalue weighted by Gasteiger charge is -2.27. The lowest BCUT2D eigenvalue weighted by atomic mass is 9.86. The summed E-state index contributed by atoms with van der Waals surface area (Å²) in [7, 11) is 1.91. The molecule has 1 aliphatic carbocycles. The van der Waals surface area contributed by atoms with Gasteiger partial charge in [-0.05, 0) is 80.5 Å². The number of hydrogen-bond acceptors (Lipinski definition) is 8. The van der Waals surface area contributed by atoms with Crippen LogP contribution in [0.25, 0.3) is 22.2 Å². The molecule has 8 rings (SSSR count). The predicted molar refractivity (Wildman–Crippen MR) is 173 cm³/mol. The molecule has 1 spiro atoms. The summed E-state index contributed by atoms with van der Waals surface area (Å²) < 4.78 is 35.1. The van der Waals surface area contributed by atoms with E-state index in [-0.39, 0.29) is 28.9 Å². The van der Waals surface area contributed by atoms with E-state index in [4.69, 9.17) is 14.7 Å². The molecule has 2 aromatic heterocycles. The van der Waals surface area contributed by atoms with Crippen LogP contribution in [0.15, 0.2) is 36.4 Å². The van der Waals surface area contributed by atoms with E-state index >= 15 is 4.39 Å². The minimum absolute atomic E-state index is 0.00169. The number of rotatable bonds is 5. The van der Waals surface area contributed by atoms with Gasteiger partial charge in [-0.1, -0.05) is 11.3 Å². The lowest BCUT2D eigenvalue weighted by Crippen LogP contribution is -2.37. The zero-order chi connectivity index (χ0) is 31.6. The molecule has 3 fully saturated rings. The second-order valence-electron chi connectivity index (χ2n) is 13.2. The van der Waals surface area contributed by atoms with Crippen molar-refractivity contribution in [3.8, 4) is 17.3 Å². The first kappa shape index (κ1) is 29.3. The Morgan fingerprint density at radius 1 is 1.13 bits per heavy atom. The van der Waals surface area contributed by atoms with Crippen molar-refractivity contribution in [2.24, 2.45) is 11.3 Å². The SMILES string of the molecule is CN(c1nc(-c2ccc(F)cc2)c(C#N)s1)c1c2c(nc3c(F)cc(N4CCC5(CCN(C(=O)[C@@H]6CCOC6)C5)C4)cc13)CCC2. The number of pyridine rings is 1. The van der Waals surface area contributed by atoms with Crippen molar-refractivity contribution in [1.82, 2.24) is 14.9 Å². The Labute approximate surface area is 270 Å². The summed E-state index contributed by atoms with van der Waals surface area (Å²) in [6, 6.07) is 11.9. The molecule has 8 nitrogen and oxygen atoms in total. The zero-order valence-corrected chi connectivity index (χ0v) is 26.5. The van der Waals surface area contributed by atoms with Crippen LogP contribution in [0.4, 0.5) is 25.3 Å². The highest BCUT2D eigenvalue weighted by molar-refractivity contribution is 7.16. The molecular weight excluding hydrogens is 606 g/mol. The smallest absolute Gasteiger partial charge is 0.228 e. The number of thiazole rings is 1. The summed E-state index contributed by atoms with van der Waals surface area (Å²) in [6.45, 7) is 4.24. The Morgan fingerprint density at radius 3 is 2.74 bits per heavy atom. The van der Waals surface area contributed by atoms with Crippen molar-refractivity contribution in [2.45, 2.75) is 38.5 Å². The summed E-state index contributed by atoms with van der Waals surface area (Å²) in [5.74, 6) is -0.526. The Kier molecular flexibility index (Phi) is 7.18.